The maximum Gasteiger partial charge on any atom is 0.360 e. The number of nitrogens with two attached hydrogens (primary N) is 1. The number of esters is 1. The lowest BCUT2D eigenvalue weighted by molar-refractivity contribution is 0.0521. The van der Waals surface area contributed by atoms with Crippen molar-refractivity contribution in [2.45, 2.75) is 65.8 Å². The fourth-order valence-corrected chi connectivity index (χ4v) is 3.38. The number of carbonyl (C=O) groups excluding carboxylic acids is 1. The number of aromatic nitrogens is 2. The molecule has 0 aliphatic heterocycles. The molecule has 5 nitrogen and oxygen atoms in total. The summed E-state index contributed by atoms with van der Waals surface area (Å²) >= 11 is 0. The first-order chi connectivity index (χ1) is 9.89. The number of aryl methyl sites for hydroxylation is 1. The summed E-state index contributed by atoms with van der Waals surface area (Å²) in [4.78, 5) is 16.4. The number of nitrogen functional groups attached to an aromatic ring is 1. The van der Waals surface area contributed by atoms with Crippen LogP contribution in [-0.4, -0.2) is 22.1 Å². The number of carbonyl (C=O) groups is 1. The van der Waals surface area contributed by atoms with Gasteiger partial charge in [0.1, 0.15) is 11.6 Å². The molecule has 0 amide bonds. The van der Waals surface area contributed by atoms with Gasteiger partial charge in [-0.05, 0) is 31.6 Å². The molecule has 2 N–H and O–H groups in total. The summed E-state index contributed by atoms with van der Waals surface area (Å²) in [6.45, 7) is 8.76. The van der Waals surface area contributed by atoms with Crippen LogP contribution in [0.3, 0.4) is 0 Å². The molecule has 2 rings (SSSR count). The average Bonchev–Trinajstić information content (AvgIpc) is 2.75. The normalized spacial score (nSPS) is 21.2. The minimum atomic E-state index is -0.418. The molecule has 0 radical (unpaired) electrons. The van der Waals surface area contributed by atoms with Crippen molar-refractivity contribution in [2.75, 3.05) is 12.3 Å². The SMILES string of the molecule is CCOC(=O)c1nc(CC)n(C2CCCC(C)(C)C2)c1N. The number of nitrogens with zero attached hydrogens (tertiary/aromatic N) is 2. The molecule has 0 bridgehead atoms. The molecule has 118 valence electrons. The highest BCUT2D eigenvalue weighted by Gasteiger charge is 2.32. The molecule has 5 heteroatoms. The van der Waals surface area contributed by atoms with Gasteiger partial charge in [-0.15, -0.1) is 0 Å². The van der Waals surface area contributed by atoms with E-state index in [0.29, 0.717) is 23.9 Å². The zero-order valence-electron chi connectivity index (χ0n) is 13.6. The number of anilines is 1. The lowest BCUT2D eigenvalue weighted by Crippen LogP contribution is -2.26. The summed E-state index contributed by atoms with van der Waals surface area (Å²) in [6, 6.07) is 0.333. The van der Waals surface area contributed by atoms with E-state index in [0.717, 1.165) is 25.1 Å². The molecular weight excluding hydrogens is 266 g/mol. The summed E-state index contributed by atoms with van der Waals surface area (Å²) in [5.74, 6) is 0.935. The van der Waals surface area contributed by atoms with E-state index in [9.17, 15) is 4.79 Å². The Labute approximate surface area is 126 Å². The highest BCUT2D eigenvalue weighted by molar-refractivity contribution is 5.92. The van der Waals surface area contributed by atoms with Gasteiger partial charge >= 0.3 is 5.97 Å². The predicted molar refractivity (Wildman–Crippen MR) is 83.3 cm³/mol. The molecule has 1 atom stereocenters. The van der Waals surface area contributed by atoms with Gasteiger partial charge in [-0.1, -0.05) is 27.2 Å². The number of imidazole rings is 1. The van der Waals surface area contributed by atoms with E-state index in [1.807, 2.05) is 6.92 Å². The highest BCUT2D eigenvalue weighted by atomic mass is 16.5. The Balaban J connectivity index is 2.36. The average molecular weight is 293 g/mol. The topological polar surface area (TPSA) is 70.1 Å². The molecule has 21 heavy (non-hydrogen) atoms. The monoisotopic (exact) mass is 293 g/mol. The summed E-state index contributed by atoms with van der Waals surface area (Å²) in [5.41, 5.74) is 6.82. The maximum atomic E-state index is 12.0. The van der Waals surface area contributed by atoms with E-state index in [1.54, 1.807) is 6.92 Å². The van der Waals surface area contributed by atoms with Crippen molar-refractivity contribution in [3.8, 4) is 0 Å². The van der Waals surface area contributed by atoms with Crippen LogP contribution in [0.2, 0.25) is 0 Å². The summed E-state index contributed by atoms with van der Waals surface area (Å²) in [6.07, 6.45) is 5.36. The lowest BCUT2D eigenvalue weighted by Gasteiger charge is -2.36. The van der Waals surface area contributed by atoms with Gasteiger partial charge in [0.25, 0.3) is 0 Å². The van der Waals surface area contributed by atoms with Gasteiger partial charge in [0.15, 0.2) is 5.69 Å². The standard InChI is InChI=1S/C16H27N3O2/c1-5-12-18-13(15(20)21-6-2)14(17)19(12)11-8-7-9-16(3,4)10-11/h11H,5-10,17H2,1-4H3. The van der Waals surface area contributed by atoms with Crippen molar-refractivity contribution < 1.29 is 9.53 Å². The van der Waals surface area contributed by atoms with Gasteiger partial charge in [0, 0.05) is 12.5 Å². The Hall–Kier alpha value is -1.52. The van der Waals surface area contributed by atoms with E-state index in [-0.39, 0.29) is 5.69 Å². The van der Waals surface area contributed by atoms with Gasteiger partial charge in [0.05, 0.1) is 6.61 Å². The molecule has 1 aromatic heterocycles. The van der Waals surface area contributed by atoms with E-state index in [1.165, 1.54) is 12.8 Å². The van der Waals surface area contributed by atoms with Gasteiger partial charge in [0.2, 0.25) is 0 Å². The third-order valence-corrected chi connectivity index (χ3v) is 4.35. The fraction of sp³-hybridized carbons (Fsp3) is 0.750. The second-order valence-corrected chi connectivity index (χ2v) is 6.62. The Bertz CT molecular complexity index is 520. The molecule has 1 aliphatic rings. The molecule has 1 saturated carbocycles. The Morgan fingerprint density at radius 3 is 2.76 bits per heavy atom. The highest BCUT2D eigenvalue weighted by Crippen LogP contribution is 2.42. The second-order valence-electron chi connectivity index (χ2n) is 6.62. The van der Waals surface area contributed by atoms with E-state index in [2.05, 4.69) is 23.4 Å². The molecule has 0 aromatic carbocycles. The van der Waals surface area contributed by atoms with Crippen LogP contribution in [0.5, 0.6) is 0 Å². The van der Waals surface area contributed by atoms with Crippen LogP contribution in [-0.2, 0) is 11.2 Å². The molecule has 1 aliphatic carbocycles. The summed E-state index contributed by atoms with van der Waals surface area (Å²) in [7, 11) is 0. The number of hydrogen-bond acceptors (Lipinski definition) is 4. The maximum absolute atomic E-state index is 12.0. The van der Waals surface area contributed by atoms with Crippen LogP contribution in [0.25, 0.3) is 0 Å². The van der Waals surface area contributed by atoms with Crippen LogP contribution in [0.15, 0.2) is 0 Å². The summed E-state index contributed by atoms with van der Waals surface area (Å²) < 4.78 is 7.13. The van der Waals surface area contributed by atoms with Crippen LogP contribution in [0, 0.1) is 5.41 Å². The molecule has 1 fully saturated rings. The molecule has 1 heterocycles. The third-order valence-electron chi connectivity index (χ3n) is 4.35. The zero-order valence-corrected chi connectivity index (χ0v) is 13.6. The van der Waals surface area contributed by atoms with Crippen LogP contribution < -0.4 is 5.73 Å². The van der Waals surface area contributed by atoms with Crippen molar-refractivity contribution in [3.05, 3.63) is 11.5 Å². The predicted octanol–water partition coefficient (Wildman–Crippen LogP) is 3.35. The Kier molecular flexibility index (Phi) is 4.59. The summed E-state index contributed by atoms with van der Waals surface area (Å²) in [5, 5.41) is 0. The fourth-order valence-electron chi connectivity index (χ4n) is 3.38. The van der Waals surface area contributed by atoms with Crippen LogP contribution >= 0.6 is 0 Å². The van der Waals surface area contributed by atoms with E-state index >= 15 is 0 Å². The smallest absolute Gasteiger partial charge is 0.360 e. The first-order valence-electron chi connectivity index (χ1n) is 7.93. The molecule has 0 saturated heterocycles. The van der Waals surface area contributed by atoms with Gasteiger partial charge in [-0.2, -0.15) is 0 Å². The molecule has 1 aromatic rings. The number of ether oxygens (including phenoxy) is 1. The molecular formula is C16H27N3O2. The first-order valence-corrected chi connectivity index (χ1v) is 7.93. The zero-order chi connectivity index (χ0) is 15.6. The van der Waals surface area contributed by atoms with Crippen molar-refractivity contribution in [1.82, 2.24) is 9.55 Å². The molecule has 1 unspecified atom stereocenters. The quantitative estimate of drug-likeness (QED) is 0.864. The minimum Gasteiger partial charge on any atom is -0.461 e. The van der Waals surface area contributed by atoms with Crippen molar-refractivity contribution in [3.63, 3.8) is 0 Å². The Morgan fingerprint density at radius 1 is 1.48 bits per heavy atom. The van der Waals surface area contributed by atoms with E-state index < -0.39 is 5.97 Å². The van der Waals surface area contributed by atoms with Gasteiger partial charge < -0.3 is 15.0 Å². The van der Waals surface area contributed by atoms with Crippen molar-refractivity contribution >= 4 is 11.8 Å². The van der Waals surface area contributed by atoms with Crippen molar-refractivity contribution in [2.24, 2.45) is 5.41 Å². The van der Waals surface area contributed by atoms with Gasteiger partial charge in [-0.3, -0.25) is 0 Å². The largest absolute Gasteiger partial charge is 0.461 e. The number of hydrogen-bond donors (Lipinski definition) is 1. The first kappa shape index (κ1) is 15.9. The third kappa shape index (κ3) is 3.22. The van der Waals surface area contributed by atoms with Crippen LogP contribution in [0.1, 0.15) is 75.7 Å². The number of rotatable bonds is 4. The molecule has 0 spiro atoms. The lowest BCUT2D eigenvalue weighted by atomic mass is 9.75. The van der Waals surface area contributed by atoms with Gasteiger partial charge in [-0.25, -0.2) is 9.78 Å². The Morgan fingerprint density at radius 2 is 2.19 bits per heavy atom. The second kappa shape index (κ2) is 6.08. The van der Waals surface area contributed by atoms with E-state index in [4.69, 9.17) is 10.5 Å². The van der Waals surface area contributed by atoms with Crippen molar-refractivity contribution in [1.29, 1.82) is 0 Å². The van der Waals surface area contributed by atoms with Crippen LogP contribution in [0.4, 0.5) is 5.82 Å². The minimum absolute atomic E-state index is 0.275.